The number of aromatic amines is 1. The highest BCUT2D eigenvalue weighted by molar-refractivity contribution is 7.63. The first kappa shape index (κ1) is 36.2. The van der Waals surface area contributed by atoms with Crippen LogP contribution in [0.1, 0.15) is 52.7 Å². The van der Waals surface area contributed by atoms with Crippen molar-refractivity contribution in [3.63, 3.8) is 0 Å². The van der Waals surface area contributed by atoms with Crippen molar-refractivity contribution in [3.05, 3.63) is 16.7 Å². The van der Waals surface area contributed by atoms with Gasteiger partial charge < -0.3 is 36.0 Å². The molecule has 9 N–H and O–H groups in total. The normalized spacial score (nSPS) is 23.9. The second kappa shape index (κ2) is 15.8. The fourth-order valence-corrected chi connectivity index (χ4v) is 7.54. The van der Waals surface area contributed by atoms with Gasteiger partial charge in [0.2, 0.25) is 5.95 Å². The van der Waals surface area contributed by atoms with Crippen molar-refractivity contribution >= 4 is 38.7 Å². The maximum absolute atomic E-state index is 13.3. The summed E-state index contributed by atoms with van der Waals surface area (Å²) in [5.41, 5.74) is 10.2. The lowest BCUT2D eigenvalue weighted by Gasteiger charge is -2.25. The molecular formula is C23H41N7O12P2. The van der Waals surface area contributed by atoms with Gasteiger partial charge in [0.05, 0.1) is 26.1 Å². The number of hydrogen-bond acceptors (Lipinski definition) is 15. The summed E-state index contributed by atoms with van der Waals surface area (Å²) in [4.78, 5) is 45.2. The van der Waals surface area contributed by atoms with Crippen molar-refractivity contribution in [2.45, 2.75) is 77.0 Å². The Labute approximate surface area is 252 Å². The Balaban J connectivity index is 1.64. The molecule has 44 heavy (non-hydrogen) atoms. The summed E-state index contributed by atoms with van der Waals surface area (Å²) in [6, 6.07) is -1.28. The molecule has 21 heteroatoms. The lowest BCUT2D eigenvalue weighted by Crippen LogP contribution is -2.35. The number of imidazole rings is 1. The van der Waals surface area contributed by atoms with Crippen LogP contribution in [-0.4, -0.2) is 91.3 Å². The molecule has 1 saturated heterocycles. The summed E-state index contributed by atoms with van der Waals surface area (Å²) in [5, 5.41) is 23.4. The van der Waals surface area contributed by atoms with Crippen LogP contribution in [0.2, 0.25) is 0 Å². The zero-order chi connectivity index (χ0) is 32.7. The molecule has 19 nitrogen and oxygen atoms in total. The second-order valence-corrected chi connectivity index (χ2v) is 13.6. The van der Waals surface area contributed by atoms with Gasteiger partial charge in [-0.25, -0.2) is 19.2 Å². The number of H-pyrrole nitrogens is 1. The molecule has 2 unspecified atom stereocenters. The number of nitrogens with two attached hydrogens (primary N) is 2. The third-order valence-electron chi connectivity index (χ3n) is 6.61. The number of nitrogens with one attached hydrogen (secondary N) is 2. The van der Waals surface area contributed by atoms with Crippen molar-refractivity contribution in [2.24, 2.45) is 11.7 Å². The third kappa shape index (κ3) is 9.37. The van der Waals surface area contributed by atoms with Crippen LogP contribution in [0.15, 0.2) is 11.1 Å². The molecule has 250 valence electrons. The Bertz CT molecular complexity index is 1400. The van der Waals surface area contributed by atoms with E-state index in [1.165, 1.54) is 6.92 Å². The topological polar surface area (TPSA) is 286 Å². The Kier molecular flexibility index (Phi) is 13.0. The SMILES string of the molecule is CCCC(CCC)COC(=O)[C@H](C)NP(=O)(OCCN)OP(=O)(O)OC[C@H]1O[C@@H](n2cnc3c(=O)[nH]c(N)nc32)[C@H](O)[C@@H]1O. The molecule has 0 amide bonds. The van der Waals surface area contributed by atoms with Crippen LogP contribution in [0.25, 0.3) is 11.2 Å². The lowest BCUT2D eigenvalue weighted by molar-refractivity contribution is -0.146. The number of carbonyl (C=O) groups is 1. The predicted octanol–water partition coefficient (Wildman–Crippen LogP) is 0.276. The van der Waals surface area contributed by atoms with Crippen LogP contribution in [-0.2, 0) is 36.8 Å². The molecule has 3 rings (SSSR count). The fourth-order valence-electron chi connectivity index (χ4n) is 4.55. The van der Waals surface area contributed by atoms with Crippen LogP contribution >= 0.6 is 15.6 Å². The highest BCUT2D eigenvalue weighted by Gasteiger charge is 2.46. The smallest absolute Gasteiger partial charge is 0.464 e. The number of nitrogens with zero attached hydrogens (tertiary/aromatic N) is 3. The van der Waals surface area contributed by atoms with E-state index in [9.17, 15) is 33.8 Å². The van der Waals surface area contributed by atoms with Crippen molar-refractivity contribution < 1.29 is 51.9 Å². The number of aliphatic hydroxyl groups is 2. The number of esters is 1. The highest BCUT2D eigenvalue weighted by atomic mass is 31.3. The van der Waals surface area contributed by atoms with Crippen LogP contribution in [0.4, 0.5) is 5.95 Å². The van der Waals surface area contributed by atoms with Crippen molar-refractivity contribution in [1.82, 2.24) is 24.6 Å². The van der Waals surface area contributed by atoms with Gasteiger partial charge >= 0.3 is 21.5 Å². The molecule has 0 aromatic carbocycles. The Morgan fingerprint density at radius 1 is 1.23 bits per heavy atom. The van der Waals surface area contributed by atoms with Crippen molar-refractivity contribution in [1.29, 1.82) is 0 Å². The predicted molar refractivity (Wildman–Crippen MR) is 155 cm³/mol. The maximum Gasteiger partial charge on any atom is 0.480 e. The Morgan fingerprint density at radius 2 is 1.91 bits per heavy atom. The van der Waals surface area contributed by atoms with Gasteiger partial charge in [0.15, 0.2) is 17.4 Å². The number of phosphoric acid groups is 1. The number of ether oxygens (including phenoxy) is 2. The van der Waals surface area contributed by atoms with E-state index in [4.69, 9.17) is 34.3 Å². The van der Waals surface area contributed by atoms with E-state index in [1.54, 1.807) is 0 Å². The molecule has 0 bridgehead atoms. The van der Waals surface area contributed by atoms with Crippen LogP contribution in [0.5, 0.6) is 0 Å². The van der Waals surface area contributed by atoms with Gasteiger partial charge in [-0.3, -0.25) is 28.2 Å². The van der Waals surface area contributed by atoms with E-state index in [1.807, 2.05) is 13.8 Å². The number of nitrogen functional groups attached to an aromatic ring is 1. The summed E-state index contributed by atoms with van der Waals surface area (Å²) in [6.45, 7) is 4.14. The van der Waals surface area contributed by atoms with Gasteiger partial charge in [-0.2, -0.15) is 9.29 Å². The van der Waals surface area contributed by atoms with Crippen molar-refractivity contribution in [2.75, 3.05) is 32.1 Å². The van der Waals surface area contributed by atoms with Crippen LogP contribution < -0.4 is 22.1 Å². The molecule has 1 aliphatic rings. The summed E-state index contributed by atoms with van der Waals surface area (Å²) >= 11 is 0. The number of hydrogen-bond donors (Lipinski definition) is 7. The molecule has 2 aromatic heterocycles. The zero-order valence-corrected chi connectivity index (χ0v) is 26.4. The van der Waals surface area contributed by atoms with Gasteiger partial charge in [-0.05, 0) is 25.7 Å². The highest BCUT2D eigenvalue weighted by Crippen LogP contribution is 2.61. The van der Waals surface area contributed by atoms with E-state index >= 15 is 0 Å². The number of aliphatic hydroxyl groups excluding tert-OH is 2. The van der Waals surface area contributed by atoms with Gasteiger partial charge in [0.25, 0.3) is 5.56 Å². The molecule has 0 aliphatic carbocycles. The average Bonchev–Trinajstić information content (AvgIpc) is 3.49. The second-order valence-electron chi connectivity index (χ2n) is 10.2. The molecule has 0 saturated carbocycles. The molecule has 7 atom stereocenters. The first-order chi connectivity index (χ1) is 20.7. The van der Waals surface area contributed by atoms with Gasteiger partial charge in [0.1, 0.15) is 24.4 Å². The number of aromatic nitrogens is 4. The zero-order valence-electron chi connectivity index (χ0n) is 24.6. The van der Waals surface area contributed by atoms with E-state index in [0.29, 0.717) is 0 Å². The van der Waals surface area contributed by atoms with E-state index < -0.39 is 64.3 Å². The Morgan fingerprint density at radius 3 is 2.55 bits per heavy atom. The molecule has 3 heterocycles. The lowest BCUT2D eigenvalue weighted by atomic mass is 9.99. The fraction of sp³-hybridized carbons (Fsp3) is 0.739. The quantitative estimate of drug-likeness (QED) is 0.0828. The van der Waals surface area contributed by atoms with E-state index in [-0.39, 0.29) is 42.8 Å². The van der Waals surface area contributed by atoms with Crippen LogP contribution in [0, 0.1) is 5.92 Å². The summed E-state index contributed by atoms with van der Waals surface area (Å²) < 4.78 is 53.1. The van der Waals surface area contributed by atoms with Gasteiger partial charge in [-0.15, -0.1) is 0 Å². The Hall–Kier alpha value is -2.28. The number of fused-ring (bicyclic) bond motifs is 1. The minimum Gasteiger partial charge on any atom is -0.464 e. The first-order valence-corrected chi connectivity index (χ1v) is 17.1. The van der Waals surface area contributed by atoms with E-state index in [0.717, 1.165) is 36.6 Å². The monoisotopic (exact) mass is 669 g/mol. The number of carbonyl (C=O) groups excluding carboxylic acids is 1. The number of rotatable bonds is 18. The minimum absolute atomic E-state index is 0.0526. The number of phosphoric ester groups is 1. The summed E-state index contributed by atoms with van der Waals surface area (Å²) in [5.74, 6) is -0.867. The molecule has 0 spiro atoms. The minimum atomic E-state index is -5.23. The summed E-state index contributed by atoms with van der Waals surface area (Å²) in [6.07, 6.45) is -1.37. The molecule has 2 aromatic rings. The standard InChI is InChI=1S/C23H41N7O12P2/c1-4-6-14(7-5-2)10-38-22(34)13(3)29-43(35,39-9-8-24)42-44(36,37)40-11-15-17(31)18(32)21(41-15)30-12-26-16-19(30)27-23(25)28-20(16)33/h12-15,17-18,21,31-32H,4-11,24H2,1-3H3,(H,29,35)(H,36,37)(H3,25,27,28,33)/t13-,15+,17+,18+,21+,43?/m0/s1. The van der Waals surface area contributed by atoms with E-state index in [2.05, 4.69) is 20.0 Å². The molecular weight excluding hydrogens is 628 g/mol. The molecule has 0 radical (unpaired) electrons. The molecule has 1 aliphatic heterocycles. The largest absolute Gasteiger partial charge is 0.480 e. The first-order valence-electron chi connectivity index (χ1n) is 14.1. The third-order valence-corrected chi connectivity index (χ3v) is 10.0. The van der Waals surface area contributed by atoms with Gasteiger partial charge in [-0.1, -0.05) is 26.7 Å². The summed E-state index contributed by atoms with van der Waals surface area (Å²) in [7, 11) is -9.93. The molecule has 1 fully saturated rings. The number of anilines is 1. The van der Waals surface area contributed by atoms with Crippen molar-refractivity contribution in [3.8, 4) is 0 Å². The maximum atomic E-state index is 13.3. The van der Waals surface area contributed by atoms with Gasteiger partial charge in [0, 0.05) is 6.54 Å². The van der Waals surface area contributed by atoms with Crippen LogP contribution in [0.3, 0.4) is 0 Å². The average molecular weight is 670 g/mol.